The van der Waals surface area contributed by atoms with Crippen molar-refractivity contribution in [3.63, 3.8) is 0 Å². The maximum Gasteiger partial charge on any atom is 0.351 e. The average molecular weight is 679 g/mol. The van der Waals surface area contributed by atoms with Gasteiger partial charge in [0.1, 0.15) is 30.0 Å². The van der Waals surface area contributed by atoms with Crippen LogP contribution in [0, 0.1) is 11.8 Å². The number of ketones is 1. The Hall–Kier alpha value is -1.29. The average Bonchev–Trinajstić information content (AvgIpc) is 2.92. The first kappa shape index (κ1) is 41.9. The fourth-order valence-corrected chi connectivity index (χ4v) is 7.22. The molecule has 0 bridgehead atoms. The van der Waals surface area contributed by atoms with Gasteiger partial charge in [-0.3, -0.25) is 4.79 Å². The number of hydrogen-bond acceptors (Lipinski definition) is 12. The van der Waals surface area contributed by atoms with Crippen LogP contribution in [0.3, 0.4) is 0 Å². The van der Waals surface area contributed by atoms with E-state index in [1.807, 2.05) is 32.6 Å². The lowest BCUT2D eigenvalue weighted by Gasteiger charge is -2.50. The summed E-state index contributed by atoms with van der Waals surface area (Å²) in [6, 6.07) is -1.25. The number of rotatable bonds is 5. The van der Waals surface area contributed by atoms with E-state index in [1.54, 1.807) is 46.8 Å². The predicted octanol–water partition coefficient (Wildman–Crippen LogP) is 2.07. The molecular weight excluding hydrogens is 615 g/mol. The Morgan fingerprint density at radius 2 is 1.62 bits per heavy atom. The van der Waals surface area contributed by atoms with Crippen molar-refractivity contribution in [1.82, 2.24) is 9.80 Å². The van der Waals surface area contributed by atoms with Crippen molar-refractivity contribution in [2.75, 3.05) is 27.7 Å². The predicted molar refractivity (Wildman–Crippen MR) is 174 cm³/mol. The Bertz CT molecular complexity index is 1060. The fraction of sp³-hybridized carbons (Fsp3) is 0.941. The van der Waals surface area contributed by atoms with Crippen molar-refractivity contribution in [1.29, 1.82) is 0 Å². The fourth-order valence-electron chi connectivity index (χ4n) is 7.22. The van der Waals surface area contributed by atoms with Crippen LogP contribution >= 0.6 is 0 Å². The lowest BCUT2D eigenvalue weighted by atomic mass is 9.78. The molecule has 0 unspecified atom stereocenters. The van der Waals surface area contributed by atoms with Crippen molar-refractivity contribution in [3.8, 4) is 0 Å². The summed E-state index contributed by atoms with van der Waals surface area (Å²) in [5.74, 6) is -4.44. The summed E-state index contributed by atoms with van der Waals surface area (Å²) in [6.07, 6.45) is -7.92. The number of hydrogen-bond donors (Lipinski definition) is 4. The van der Waals surface area contributed by atoms with Gasteiger partial charge in [-0.1, -0.05) is 20.8 Å². The smallest absolute Gasteiger partial charge is 0.351 e. The zero-order valence-electron chi connectivity index (χ0n) is 31.0. The van der Waals surface area contributed by atoms with Gasteiger partial charge in [-0.25, -0.2) is 9.18 Å². The molecule has 276 valence electrons. The van der Waals surface area contributed by atoms with Crippen molar-refractivity contribution < 1.29 is 53.4 Å². The number of Topliss-reactive ketones (excluding diaryl/α,β-unsaturated/α-hetero) is 1. The molecule has 0 aromatic rings. The number of halogens is 1. The highest BCUT2D eigenvalue weighted by Crippen LogP contribution is 2.37. The second-order valence-electron chi connectivity index (χ2n) is 15.9. The van der Waals surface area contributed by atoms with Crippen LogP contribution in [0.5, 0.6) is 0 Å². The second kappa shape index (κ2) is 15.3. The number of ether oxygens (including phenoxy) is 4. The molecule has 2 heterocycles. The zero-order valence-corrected chi connectivity index (χ0v) is 31.0. The maximum atomic E-state index is 16.3. The summed E-state index contributed by atoms with van der Waals surface area (Å²) in [5.41, 5.74) is -7.55. The van der Waals surface area contributed by atoms with Gasteiger partial charge in [0.15, 0.2) is 12.1 Å². The van der Waals surface area contributed by atoms with E-state index >= 15 is 4.39 Å². The molecule has 2 saturated heterocycles. The van der Waals surface area contributed by atoms with E-state index in [9.17, 15) is 30.0 Å². The van der Waals surface area contributed by atoms with E-state index in [0.717, 1.165) is 6.92 Å². The Morgan fingerprint density at radius 1 is 1.06 bits per heavy atom. The highest BCUT2D eigenvalue weighted by atomic mass is 19.1. The van der Waals surface area contributed by atoms with Crippen LogP contribution in [-0.4, -0.2) is 147 Å². The van der Waals surface area contributed by atoms with E-state index in [1.165, 1.54) is 20.8 Å². The molecule has 0 spiro atoms. The topological polar surface area (TPSA) is 158 Å². The molecule has 0 radical (unpaired) electrons. The number of cyclic esters (lactones) is 1. The molecular formula is C34H63FN2O10. The number of nitrogens with zero attached hydrogens (tertiary/aromatic N) is 2. The summed E-state index contributed by atoms with van der Waals surface area (Å²) in [4.78, 5) is 30.8. The molecule has 0 aromatic carbocycles. The van der Waals surface area contributed by atoms with Crippen LogP contribution in [-0.2, 0) is 28.5 Å². The number of carbonyl (C=O) groups excluding carboxylic acids is 2. The van der Waals surface area contributed by atoms with Crippen LogP contribution < -0.4 is 0 Å². The van der Waals surface area contributed by atoms with Crippen LogP contribution in [0.15, 0.2) is 0 Å². The number of aliphatic hydroxyl groups is 4. The first-order valence-corrected chi connectivity index (χ1v) is 16.8. The molecule has 2 fully saturated rings. The monoisotopic (exact) mass is 678 g/mol. The molecule has 0 aromatic heterocycles. The van der Waals surface area contributed by atoms with Crippen LogP contribution in [0.4, 0.5) is 4.39 Å². The molecule has 2 aliphatic rings. The first-order valence-electron chi connectivity index (χ1n) is 16.8. The summed E-state index contributed by atoms with van der Waals surface area (Å²) in [7, 11) is 5.32. The Labute approximate surface area is 280 Å². The van der Waals surface area contributed by atoms with Gasteiger partial charge < -0.3 is 49.2 Å². The maximum absolute atomic E-state index is 16.3. The van der Waals surface area contributed by atoms with Gasteiger partial charge in [0.25, 0.3) is 5.67 Å². The standard InChI is InChI=1S/C34H63FN2O10/c1-15-22-34(11,43)27(40)20(4)37(14)17-18(2)16-32(9,42)28(19(3)26(39)33(10,35)30(41)45-22)46-29-24(38)23(36(12)13)25(21(5)44-29)47-31(6,7)8/h18-25,27-29,38,40,42-43H,15-17H2,1-14H3/t18-,19+,20-,21-,22-,23-,24-,25-,27-,28-,29+,32-,33+,34-/m1/s1. The Kier molecular flexibility index (Phi) is 13.6. The van der Waals surface area contributed by atoms with E-state index < -0.39 is 95.1 Å². The van der Waals surface area contributed by atoms with Gasteiger partial charge in [0, 0.05) is 18.5 Å². The van der Waals surface area contributed by atoms with Gasteiger partial charge >= 0.3 is 5.97 Å². The number of alkyl halides is 1. The van der Waals surface area contributed by atoms with E-state index in [2.05, 4.69) is 0 Å². The largest absolute Gasteiger partial charge is 0.457 e. The van der Waals surface area contributed by atoms with Gasteiger partial charge in [0.2, 0.25) is 0 Å². The highest BCUT2D eigenvalue weighted by Gasteiger charge is 2.55. The van der Waals surface area contributed by atoms with Gasteiger partial charge in [0.05, 0.1) is 29.5 Å². The molecule has 0 amide bonds. The first-order chi connectivity index (χ1) is 21.2. The van der Waals surface area contributed by atoms with E-state index in [4.69, 9.17) is 18.9 Å². The number of aliphatic hydroxyl groups excluding tert-OH is 2. The molecule has 12 nitrogen and oxygen atoms in total. The molecule has 2 aliphatic heterocycles. The minimum absolute atomic E-state index is 0.0327. The molecule has 47 heavy (non-hydrogen) atoms. The Balaban J connectivity index is 2.62. The Morgan fingerprint density at radius 3 is 2.11 bits per heavy atom. The zero-order chi connectivity index (χ0) is 36.6. The van der Waals surface area contributed by atoms with Crippen LogP contribution in [0.25, 0.3) is 0 Å². The second-order valence-corrected chi connectivity index (χ2v) is 15.9. The summed E-state index contributed by atoms with van der Waals surface area (Å²) < 4.78 is 40.5. The molecule has 0 saturated carbocycles. The van der Waals surface area contributed by atoms with Crippen LogP contribution in [0.1, 0.15) is 89.0 Å². The lowest BCUT2D eigenvalue weighted by molar-refractivity contribution is -0.322. The number of likely N-dealkylation sites (N-methyl/N-ethyl adjacent to an activating group) is 2. The van der Waals surface area contributed by atoms with E-state index in [0.29, 0.717) is 6.54 Å². The van der Waals surface area contributed by atoms with Crippen molar-refractivity contribution in [3.05, 3.63) is 0 Å². The highest BCUT2D eigenvalue weighted by molar-refractivity contribution is 6.07. The normalized spacial score (nSPS) is 45.7. The third-order valence-electron chi connectivity index (χ3n) is 9.85. The van der Waals surface area contributed by atoms with Gasteiger partial charge in [-0.2, -0.15) is 0 Å². The molecule has 2 rings (SSSR count). The number of carbonyl (C=O) groups is 2. The molecule has 0 aliphatic carbocycles. The quantitative estimate of drug-likeness (QED) is 0.248. The number of esters is 1. The molecule has 13 heteroatoms. The van der Waals surface area contributed by atoms with E-state index in [-0.39, 0.29) is 18.8 Å². The summed E-state index contributed by atoms with van der Waals surface area (Å²) >= 11 is 0. The third kappa shape index (κ3) is 9.49. The summed E-state index contributed by atoms with van der Waals surface area (Å²) in [5, 5.41) is 46.2. The minimum atomic E-state index is -3.21. The lowest BCUT2D eigenvalue weighted by Crippen LogP contribution is -2.65. The van der Waals surface area contributed by atoms with Crippen LogP contribution in [0.2, 0.25) is 0 Å². The molecule has 4 N–H and O–H groups in total. The molecule has 14 atom stereocenters. The van der Waals surface area contributed by atoms with Crippen molar-refractivity contribution in [2.24, 2.45) is 11.8 Å². The van der Waals surface area contributed by atoms with Gasteiger partial charge in [-0.15, -0.1) is 0 Å². The van der Waals surface area contributed by atoms with Gasteiger partial charge in [-0.05, 0) is 95.3 Å². The SMILES string of the molecule is CC[C@H]1OC(=O)[C@@](C)(F)C(=O)[C@H](C)[C@@H](O[C@@H]2O[C@H](C)[C@@H](OC(C)(C)C)[C@H](N(C)C)[C@H]2O)[C@](C)(O)C[C@@H](C)CN(C)[C@H](C)[C@@H](O)[C@]1(C)O. The van der Waals surface area contributed by atoms with Crippen molar-refractivity contribution >= 4 is 11.8 Å². The third-order valence-corrected chi connectivity index (χ3v) is 9.85. The minimum Gasteiger partial charge on any atom is -0.457 e. The van der Waals surface area contributed by atoms with Crippen molar-refractivity contribution in [2.45, 2.75) is 166 Å². The summed E-state index contributed by atoms with van der Waals surface area (Å²) in [6.45, 7) is 17.9.